The van der Waals surface area contributed by atoms with Crippen LogP contribution in [0.2, 0.25) is 0 Å². The lowest BCUT2D eigenvalue weighted by Crippen LogP contribution is -2.42. The van der Waals surface area contributed by atoms with Crippen molar-refractivity contribution in [3.63, 3.8) is 0 Å². The minimum atomic E-state index is -0.701. The van der Waals surface area contributed by atoms with Gasteiger partial charge in [0.15, 0.2) is 11.6 Å². The van der Waals surface area contributed by atoms with Crippen LogP contribution in [0.15, 0.2) is 36.4 Å². The fourth-order valence-corrected chi connectivity index (χ4v) is 3.73. The standard InChI is InChI=1S/C23H23FN4O5S/c1-14-25-23(34-27-14)26-21(30)16-10-17(32-9-3-8-29)13-18(11-16)33-20-5-4-15(12-19(20)24)22(31)28-6-2-7-28/h4-5,10-13,29H,2-3,6-9H2,1H3,(H,25,26,27,30). The number of rotatable bonds is 9. The van der Waals surface area contributed by atoms with Gasteiger partial charge in [-0.1, -0.05) is 0 Å². The predicted octanol–water partition coefficient (Wildman–Crippen LogP) is 3.64. The molecule has 2 N–H and O–H groups in total. The van der Waals surface area contributed by atoms with Crippen LogP contribution in [0.1, 0.15) is 39.4 Å². The Hall–Kier alpha value is -3.57. The van der Waals surface area contributed by atoms with E-state index in [1.807, 2.05) is 0 Å². The summed E-state index contributed by atoms with van der Waals surface area (Å²) in [5.74, 6) is -0.467. The molecule has 4 rings (SSSR count). The van der Waals surface area contributed by atoms with Gasteiger partial charge < -0.3 is 19.5 Å². The smallest absolute Gasteiger partial charge is 0.257 e. The van der Waals surface area contributed by atoms with E-state index in [9.17, 15) is 14.0 Å². The van der Waals surface area contributed by atoms with E-state index in [1.165, 1.54) is 30.3 Å². The van der Waals surface area contributed by atoms with E-state index in [-0.39, 0.29) is 41.7 Å². The van der Waals surface area contributed by atoms with Gasteiger partial charge in [0.1, 0.15) is 17.3 Å². The van der Waals surface area contributed by atoms with E-state index in [0.717, 1.165) is 24.0 Å². The van der Waals surface area contributed by atoms with Crippen LogP contribution in [0.3, 0.4) is 0 Å². The van der Waals surface area contributed by atoms with Gasteiger partial charge in [0.2, 0.25) is 5.13 Å². The molecule has 2 aromatic carbocycles. The van der Waals surface area contributed by atoms with Gasteiger partial charge in [-0.25, -0.2) is 9.37 Å². The number of aryl methyl sites for hydroxylation is 1. The summed E-state index contributed by atoms with van der Waals surface area (Å²) in [5.41, 5.74) is 0.451. The first-order valence-electron chi connectivity index (χ1n) is 10.7. The summed E-state index contributed by atoms with van der Waals surface area (Å²) in [6.45, 7) is 3.23. The minimum Gasteiger partial charge on any atom is -0.493 e. The van der Waals surface area contributed by atoms with Gasteiger partial charge in [0.05, 0.1) is 6.61 Å². The van der Waals surface area contributed by atoms with Crippen LogP contribution in [0, 0.1) is 12.7 Å². The van der Waals surface area contributed by atoms with Crippen molar-refractivity contribution < 1.29 is 28.6 Å². The molecule has 0 unspecified atom stereocenters. The zero-order valence-corrected chi connectivity index (χ0v) is 19.2. The molecule has 0 spiro atoms. The van der Waals surface area contributed by atoms with Gasteiger partial charge in [-0.2, -0.15) is 4.37 Å². The molecule has 2 heterocycles. The van der Waals surface area contributed by atoms with E-state index in [0.29, 0.717) is 36.2 Å². The Morgan fingerprint density at radius 3 is 2.62 bits per heavy atom. The number of hydrogen-bond donors (Lipinski definition) is 2. The van der Waals surface area contributed by atoms with Crippen molar-refractivity contribution in [2.45, 2.75) is 19.8 Å². The number of nitrogens with one attached hydrogen (secondary N) is 1. The first kappa shape index (κ1) is 23.6. The first-order chi connectivity index (χ1) is 16.4. The Balaban J connectivity index is 1.55. The lowest BCUT2D eigenvalue weighted by Gasteiger charge is -2.30. The number of halogens is 1. The Morgan fingerprint density at radius 2 is 1.97 bits per heavy atom. The second kappa shape index (κ2) is 10.6. The average molecular weight is 487 g/mol. The number of aromatic nitrogens is 2. The maximum Gasteiger partial charge on any atom is 0.257 e. The fraction of sp³-hybridized carbons (Fsp3) is 0.304. The summed E-state index contributed by atoms with van der Waals surface area (Å²) >= 11 is 1.05. The molecule has 0 bridgehead atoms. The number of anilines is 1. The van der Waals surface area contributed by atoms with Gasteiger partial charge in [-0.3, -0.25) is 14.9 Å². The van der Waals surface area contributed by atoms with Crippen LogP contribution < -0.4 is 14.8 Å². The molecule has 11 heteroatoms. The molecule has 0 aliphatic carbocycles. The van der Waals surface area contributed by atoms with Crippen LogP contribution in [-0.2, 0) is 0 Å². The largest absolute Gasteiger partial charge is 0.493 e. The van der Waals surface area contributed by atoms with Crippen molar-refractivity contribution in [2.24, 2.45) is 0 Å². The van der Waals surface area contributed by atoms with Gasteiger partial charge in [0.25, 0.3) is 11.8 Å². The molecule has 9 nitrogen and oxygen atoms in total. The average Bonchev–Trinajstić information content (AvgIpc) is 3.18. The van der Waals surface area contributed by atoms with E-state index in [2.05, 4.69) is 14.7 Å². The highest BCUT2D eigenvalue weighted by molar-refractivity contribution is 7.09. The number of likely N-dealkylation sites (tertiary alicyclic amines) is 1. The van der Waals surface area contributed by atoms with Gasteiger partial charge in [-0.05, 0) is 43.7 Å². The number of hydrogen-bond acceptors (Lipinski definition) is 8. The first-order valence-corrected chi connectivity index (χ1v) is 11.5. The molecule has 1 fully saturated rings. The molecule has 1 aliphatic rings. The number of nitrogens with zero attached hydrogens (tertiary/aromatic N) is 3. The third-order valence-corrected chi connectivity index (χ3v) is 5.73. The predicted molar refractivity (Wildman–Crippen MR) is 123 cm³/mol. The van der Waals surface area contributed by atoms with Crippen LogP contribution in [0.4, 0.5) is 9.52 Å². The lowest BCUT2D eigenvalue weighted by atomic mass is 10.1. The fourth-order valence-electron chi connectivity index (χ4n) is 3.16. The maximum atomic E-state index is 14.7. The topological polar surface area (TPSA) is 114 Å². The van der Waals surface area contributed by atoms with Gasteiger partial charge in [0, 0.05) is 54.8 Å². The van der Waals surface area contributed by atoms with Gasteiger partial charge in [-0.15, -0.1) is 0 Å². The number of amides is 2. The zero-order chi connectivity index (χ0) is 24.1. The Labute approximate surface area is 199 Å². The monoisotopic (exact) mass is 486 g/mol. The van der Waals surface area contributed by atoms with E-state index < -0.39 is 11.7 Å². The second-order valence-corrected chi connectivity index (χ2v) is 8.36. The molecule has 2 amide bonds. The van der Waals surface area contributed by atoms with E-state index in [1.54, 1.807) is 11.8 Å². The summed E-state index contributed by atoms with van der Waals surface area (Å²) in [7, 11) is 0. The highest BCUT2D eigenvalue weighted by Crippen LogP contribution is 2.30. The number of carbonyl (C=O) groups excluding carboxylic acids is 2. The summed E-state index contributed by atoms with van der Waals surface area (Å²) in [4.78, 5) is 30.8. The maximum absolute atomic E-state index is 14.7. The summed E-state index contributed by atoms with van der Waals surface area (Å²) in [6.07, 6.45) is 1.35. The minimum absolute atomic E-state index is 0.0480. The molecule has 0 radical (unpaired) electrons. The Kier molecular flexibility index (Phi) is 7.33. The van der Waals surface area contributed by atoms with Crippen molar-refractivity contribution in [3.8, 4) is 17.2 Å². The number of carbonyl (C=O) groups is 2. The highest BCUT2D eigenvalue weighted by atomic mass is 32.1. The third kappa shape index (κ3) is 5.67. The number of ether oxygens (including phenoxy) is 2. The van der Waals surface area contributed by atoms with Crippen LogP contribution in [-0.4, -0.2) is 57.5 Å². The zero-order valence-electron chi connectivity index (χ0n) is 18.4. The van der Waals surface area contributed by atoms with Crippen LogP contribution >= 0.6 is 11.5 Å². The number of aliphatic hydroxyl groups excluding tert-OH is 1. The van der Waals surface area contributed by atoms with Crippen molar-refractivity contribution in [1.29, 1.82) is 0 Å². The number of aliphatic hydroxyl groups is 1. The molecule has 1 aromatic heterocycles. The lowest BCUT2D eigenvalue weighted by molar-refractivity contribution is 0.0651. The SMILES string of the molecule is Cc1nsc(NC(=O)c2cc(OCCCO)cc(Oc3ccc(C(=O)N4CCC4)cc3F)c2)n1. The Morgan fingerprint density at radius 1 is 1.18 bits per heavy atom. The summed E-state index contributed by atoms with van der Waals surface area (Å²) in [6, 6.07) is 8.50. The molecule has 1 saturated heterocycles. The molecule has 1 aliphatic heterocycles. The summed E-state index contributed by atoms with van der Waals surface area (Å²) < 4.78 is 30.1. The van der Waals surface area contributed by atoms with Gasteiger partial charge >= 0.3 is 0 Å². The van der Waals surface area contributed by atoms with Crippen molar-refractivity contribution in [1.82, 2.24) is 14.3 Å². The Bertz CT molecular complexity index is 1200. The van der Waals surface area contributed by atoms with Crippen molar-refractivity contribution >= 4 is 28.5 Å². The van der Waals surface area contributed by atoms with E-state index in [4.69, 9.17) is 14.6 Å². The van der Waals surface area contributed by atoms with Crippen molar-refractivity contribution in [2.75, 3.05) is 31.6 Å². The van der Waals surface area contributed by atoms with Crippen LogP contribution in [0.25, 0.3) is 0 Å². The molecular weight excluding hydrogens is 463 g/mol. The highest BCUT2D eigenvalue weighted by Gasteiger charge is 2.23. The van der Waals surface area contributed by atoms with Crippen molar-refractivity contribution in [3.05, 3.63) is 59.2 Å². The normalized spacial score (nSPS) is 12.7. The molecule has 34 heavy (non-hydrogen) atoms. The van der Waals surface area contributed by atoms with E-state index >= 15 is 0 Å². The molecule has 0 saturated carbocycles. The molecule has 178 valence electrons. The molecule has 0 atom stereocenters. The molecule has 3 aromatic rings. The number of benzene rings is 2. The second-order valence-electron chi connectivity index (χ2n) is 7.61. The van der Waals surface area contributed by atoms with Crippen LogP contribution in [0.5, 0.6) is 17.2 Å². The summed E-state index contributed by atoms with van der Waals surface area (Å²) in [5, 5.41) is 12.0. The molecular formula is C23H23FN4O5S. The third-order valence-electron chi connectivity index (χ3n) is 5.01. The quantitative estimate of drug-likeness (QED) is 0.444.